The first kappa shape index (κ1) is 26.0. The van der Waals surface area contributed by atoms with Gasteiger partial charge in [-0.15, -0.1) is 0 Å². The number of hydrogen-bond donors (Lipinski definition) is 3. The standard InChI is InChI=1S/C29H29N3O7/c33-26(34)17-39-22-9-6-18(7-10-22)14-24(29(36)37)31-28(35)19-8-11-25-23(15-19)30-27(20-12-13-38-16-20)32(25)21-4-2-1-3-5-21/h6-13,15-16,21,24H,1-5,14,17H2,(H,31,35)(H,33,34)(H,36,37)/t24-/m0/s1. The van der Waals surface area contributed by atoms with Gasteiger partial charge in [-0.05, 0) is 54.8 Å². The van der Waals surface area contributed by atoms with E-state index in [2.05, 4.69) is 9.88 Å². The topological polar surface area (TPSA) is 144 Å². The van der Waals surface area contributed by atoms with Crippen molar-refractivity contribution in [3.63, 3.8) is 0 Å². The highest BCUT2D eigenvalue weighted by atomic mass is 16.5. The Hall–Kier alpha value is -4.60. The SMILES string of the molecule is O=C(O)COc1ccc(C[C@H](NC(=O)c2ccc3c(c2)nc(-c2ccoc2)n3C2CCCCC2)C(=O)O)cc1. The smallest absolute Gasteiger partial charge is 0.341 e. The van der Waals surface area contributed by atoms with Crippen molar-refractivity contribution < 1.29 is 33.8 Å². The summed E-state index contributed by atoms with van der Waals surface area (Å²) in [6, 6.07) is 12.7. The Balaban J connectivity index is 1.35. The van der Waals surface area contributed by atoms with E-state index < -0.39 is 30.5 Å². The molecular formula is C29H29N3O7. The molecule has 0 bridgehead atoms. The second kappa shape index (κ2) is 11.4. The Kier molecular flexibility index (Phi) is 7.62. The molecular weight excluding hydrogens is 502 g/mol. The monoisotopic (exact) mass is 531 g/mol. The lowest BCUT2D eigenvalue weighted by Crippen LogP contribution is -2.42. The van der Waals surface area contributed by atoms with Crippen molar-refractivity contribution in [1.82, 2.24) is 14.9 Å². The van der Waals surface area contributed by atoms with Crippen LogP contribution in [0.3, 0.4) is 0 Å². The number of aromatic nitrogens is 2. The molecule has 0 radical (unpaired) electrons. The zero-order chi connectivity index (χ0) is 27.4. The van der Waals surface area contributed by atoms with Crippen molar-refractivity contribution >= 4 is 28.9 Å². The summed E-state index contributed by atoms with van der Waals surface area (Å²) in [5, 5.41) is 21.1. The number of carboxylic acids is 2. The zero-order valence-electron chi connectivity index (χ0n) is 21.2. The molecule has 1 saturated carbocycles. The number of hydrogen-bond acceptors (Lipinski definition) is 6. The van der Waals surface area contributed by atoms with E-state index in [1.54, 1.807) is 48.9 Å². The number of ether oxygens (including phenoxy) is 1. The van der Waals surface area contributed by atoms with Crippen LogP contribution in [0.25, 0.3) is 22.4 Å². The van der Waals surface area contributed by atoms with Gasteiger partial charge < -0.3 is 29.3 Å². The highest BCUT2D eigenvalue weighted by molar-refractivity contribution is 5.99. The molecule has 2 aromatic carbocycles. The van der Waals surface area contributed by atoms with Gasteiger partial charge in [0.2, 0.25) is 0 Å². The van der Waals surface area contributed by atoms with Crippen LogP contribution < -0.4 is 10.1 Å². The lowest BCUT2D eigenvalue weighted by Gasteiger charge is -2.25. The van der Waals surface area contributed by atoms with Crippen molar-refractivity contribution in [2.24, 2.45) is 0 Å². The fourth-order valence-corrected chi connectivity index (χ4v) is 5.09. The van der Waals surface area contributed by atoms with Crippen molar-refractivity contribution in [2.75, 3.05) is 6.61 Å². The Morgan fingerprint density at radius 2 is 1.82 bits per heavy atom. The Labute approximate surface area is 224 Å². The van der Waals surface area contributed by atoms with Gasteiger partial charge in [0.1, 0.15) is 23.9 Å². The fraction of sp³-hybridized carbons (Fsp3) is 0.310. The van der Waals surface area contributed by atoms with Crippen LogP contribution in [0.4, 0.5) is 0 Å². The fourth-order valence-electron chi connectivity index (χ4n) is 5.09. The molecule has 0 aliphatic heterocycles. The van der Waals surface area contributed by atoms with E-state index in [-0.39, 0.29) is 6.42 Å². The third-order valence-electron chi connectivity index (χ3n) is 7.00. The molecule has 202 valence electrons. The van der Waals surface area contributed by atoms with Gasteiger partial charge >= 0.3 is 11.9 Å². The number of carbonyl (C=O) groups is 3. The maximum Gasteiger partial charge on any atom is 0.341 e. The summed E-state index contributed by atoms with van der Waals surface area (Å²) in [4.78, 5) is 40.6. The van der Waals surface area contributed by atoms with Crippen LogP contribution in [0.1, 0.15) is 54.1 Å². The van der Waals surface area contributed by atoms with Crippen LogP contribution in [0.2, 0.25) is 0 Å². The molecule has 5 rings (SSSR count). The molecule has 0 unspecified atom stereocenters. The first-order valence-electron chi connectivity index (χ1n) is 12.9. The van der Waals surface area contributed by atoms with E-state index in [1.807, 2.05) is 12.1 Å². The number of furan rings is 1. The minimum absolute atomic E-state index is 0.0451. The Bertz CT molecular complexity index is 1470. The highest BCUT2D eigenvalue weighted by Gasteiger charge is 2.25. The molecule has 10 heteroatoms. The van der Waals surface area contributed by atoms with E-state index >= 15 is 0 Å². The van der Waals surface area contributed by atoms with Gasteiger partial charge in [-0.25, -0.2) is 14.6 Å². The minimum Gasteiger partial charge on any atom is -0.482 e. The first-order valence-corrected chi connectivity index (χ1v) is 12.9. The van der Waals surface area contributed by atoms with Crippen LogP contribution in [0.15, 0.2) is 65.5 Å². The van der Waals surface area contributed by atoms with Crippen molar-refractivity contribution in [3.05, 3.63) is 72.2 Å². The molecule has 4 aromatic rings. The summed E-state index contributed by atoms with van der Waals surface area (Å²) in [5.74, 6) is -1.62. The first-order chi connectivity index (χ1) is 18.9. The minimum atomic E-state index is -1.17. The Morgan fingerprint density at radius 1 is 1.05 bits per heavy atom. The van der Waals surface area contributed by atoms with E-state index in [0.29, 0.717) is 28.4 Å². The molecule has 2 aromatic heterocycles. The van der Waals surface area contributed by atoms with Gasteiger partial charge in [0.05, 0.1) is 22.9 Å². The molecule has 1 fully saturated rings. The average Bonchev–Trinajstić information content (AvgIpc) is 3.60. The molecule has 1 aliphatic carbocycles. The van der Waals surface area contributed by atoms with E-state index in [1.165, 1.54) is 6.42 Å². The number of aliphatic carboxylic acids is 2. The lowest BCUT2D eigenvalue weighted by molar-refractivity contribution is -0.140. The van der Waals surface area contributed by atoms with Gasteiger partial charge in [-0.3, -0.25) is 4.79 Å². The molecule has 3 N–H and O–H groups in total. The molecule has 2 heterocycles. The summed E-state index contributed by atoms with van der Waals surface area (Å²) >= 11 is 0. The number of carbonyl (C=O) groups excluding carboxylic acids is 1. The largest absolute Gasteiger partial charge is 0.482 e. The Morgan fingerprint density at radius 3 is 2.49 bits per heavy atom. The van der Waals surface area contributed by atoms with Gasteiger partial charge in [-0.1, -0.05) is 31.4 Å². The van der Waals surface area contributed by atoms with Crippen molar-refractivity contribution in [3.8, 4) is 17.1 Å². The van der Waals surface area contributed by atoms with Crippen molar-refractivity contribution in [2.45, 2.75) is 50.6 Å². The van der Waals surface area contributed by atoms with E-state index in [9.17, 15) is 19.5 Å². The molecule has 1 amide bonds. The number of benzene rings is 2. The molecule has 1 aliphatic rings. The third-order valence-corrected chi connectivity index (χ3v) is 7.00. The predicted molar refractivity (Wildman–Crippen MR) is 142 cm³/mol. The number of fused-ring (bicyclic) bond motifs is 1. The second-order valence-corrected chi connectivity index (χ2v) is 9.71. The number of amides is 1. The van der Waals surface area contributed by atoms with Crippen LogP contribution in [-0.4, -0.2) is 50.3 Å². The molecule has 39 heavy (non-hydrogen) atoms. The van der Waals surface area contributed by atoms with Crippen LogP contribution in [-0.2, 0) is 16.0 Å². The number of rotatable bonds is 10. The summed E-state index contributed by atoms with van der Waals surface area (Å²) in [5.41, 5.74) is 3.42. The second-order valence-electron chi connectivity index (χ2n) is 9.71. The van der Waals surface area contributed by atoms with Crippen LogP contribution in [0, 0.1) is 0 Å². The summed E-state index contributed by atoms with van der Waals surface area (Å²) < 4.78 is 12.7. The zero-order valence-corrected chi connectivity index (χ0v) is 21.2. The molecule has 1 atom stereocenters. The summed E-state index contributed by atoms with van der Waals surface area (Å²) in [7, 11) is 0. The third kappa shape index (κ3) is 5.95. The van der Waals surface area contributed by atoms with Crippen LogP contribution >= 0.6 is 0 Å². The van der Waals surface area contributed by atoms with Gasteiger partial charge in [0, 0.05) is 18.0 Å². The van der Waals surface area contributed by atoms with Gasteiger partial charge in [0.15, 0.2) is 6.61 Å². The lowest BCUT2D eigenvalue weighted by atomic mass is 9.95. The van der Waals surface area contributed by atoms with Gasteiger partial charge in [0.25, 0.3) is 5.91 Å². The number of imidazole rings is 1. The van der Waals surface area contributed by atoms with E-state index in [0.717, 1.165) is 42.6 Å². The molecule has 0 spiro atoms. The predicted octanol–water partition coefficient (Wildman–Crippen LogP) is 4.69. The maximum absolute atomic E-state index is 13.1. The average molecular weight is 532 g/mol. The number of nitrogens with one attached hydrogen (secondary N) is 1. The summed E-state index contributed by atoms with van der Waals surface area (Å²) in [6.07, 6.45) is 8.98. The number of nitrogens with zero attached hydrogens (tertiary/aromatic N) is 2. The maximum atomic E-state index is 13.1. The van der Waals surface area contributed by atoms with Gasteiger partial charge in [-0.2, -0.15) is 0 Å². The molecule has 0 saturated heterocycles. The highest BCUT2D eigenvalue weighted by Crippen LogP contribution is 2.36. The molecule has 10 nitrogen and oxygen atoms in total. The van der Waals surface area contributed by atoms with Crippen molar-refractivity contribution in [1.29, 1.82) is 0 Å². The quantitative estimate of drug-likeness (QED) is 0.267. The summed E-state index contributed by atoms with van der Waals surface area (Å²) in [6.45, 7) is -0.472. The normalized spacial score (nSPS) is 14.7. The van der Waals surface area contributed by atoms with E-state index in [4.69, 9.17) is 19.2 Å². The van der Waals surface area contributed by atoms with Crippen LogP contribution in [0.5, 0.6) is 5.75 Å². The number of carboxylic acid groups (broad SMARTS) is 2.